The largest absolute Gasteiger partial charge is 0.497 e. The van der Waals surface area contributed by atoms with Crippen LogP contribution in [0.3, 0.4) is 0 Å². The highest BCUT2D eigenvalue weighted by atomic mass is 16.5. The number of benzene rings is 2. The van der Waals surface area contributed by atoms with Crippen LogP contribution in [-0.2, 0) is 12.8 Å². The van der Waals surface area contributed by atoms with Crippen molar-refractivity contribution < 1.29 is 14.3 Å². The Morgan fingerprint density at radius 1 is 1.07 bits per heavy atom. The minimum Gasteiger partial charge on any atom is -0.497 e. The third-order valence-electron chi connectivity index (χ3n) is 5.08. The Balaban J connectivity index is 1.69. The number of hydrogen-bond donors (Lipinski definition) is 1. The predicted molar refractivity (Wildman–Crippen MR) is 108 cm³/mol. The molecule has 0 aliphatic heterocycles. The first-order valence-electron chi connectivity index (χ1n) is 9.32. The first-order chi connectivity index (χ1) is 13.6. The molecule has 1 aliphatic rings. The molecule has 3 aromatic rings. The summed E-state index contributed by atoms with van der Waals surface area (Å²) in [6, 6.07) is 13.5. The van der Waals surface area contributed by atoms with E-state index < -0.39 is 0 Å². The van der Waals surface area contributed by atoms with Gasteiger partial charge in [-0.25, -0.2) is 4.68 Å². The molecule has 1 N–H and O–H groups in total. The van der Waals surface area contributed by atoms with Gasteiger partial charge in [0.05, 0.1) is 25.6 Å². The number of rotatable bonds is 5. The van der Waals surface area contributed by atoms with Crippen molar-refractivity contribution in [1.82, 2.24) is 9.78 Å². The van der Waals surface area contributed by atoms with Crippen LogP contribution in [0.25, 0.3) is 5.69 Å². The standard InChI is InChI=1S/C22H23N3O3/c1-14-7-9-15(10-8-14)25-19-6-4-5-17(19)21(24-25)22(26)23-18-13-16(27-2)11-12-20(18)28-3/h7-13H,4-6H2,1-3H3,(H,23,26). The number of amides is 1. The van der Waals surface area contributed by atoms with Crippen molar-refractivity contribution in [3.05, 3.63) is 65.0 Å². The van der Waals surface area contributed by atoms with E-state index in [-0.39, 0.29) is 5.91 Å². The van der Waals surface area contributed by atoms with Crippen LogP contribution < -0.4 is 14.8 Å². The normalized spacial score (nSPS) is 12.5. The highest BCUT2D eigenvalue weighted by Gasteiger charge is 2.27. The molecule has 0 saturated carbocycles. The van der Waals surface area contributed by atoms with Gasteiger partial charge in [0.15, 0.2) is 5.69 Å². The molecule has 0 fully saturated rings. The van der Waals surface area contributed by atoms with E-state index in [4.69, 9.17) is 9.47 Å². The maximum Gasteiger partial charge on any atom is 0.276 e. The number of anilines is 1. The fourth-order valence-electron chi connectivity index (χ4n) is 3.61. The Morgan fingerprint density at radius 3 is 2.57 bits per heavy atom. The second kappa shape index (κ2) is 7.38. The van der Waals surface area contributed by atoms with Gasteiger partial charge >= 0.3 is 0 Å². The van der Waals surface area contributed by atoms with Crippen molar-refractivity contribution >= 4 is 11.6 Å². The van der Waals surface area contributed by atoms with Gasteiger partial charge < -0.3 is 14.8 Å². The summed E-state index contributed by atoms with van der Waals surface area (Å²) >= 11 is 0. The minimum absolute atomic E-state index is 0.240. The van der Waals surface area contributed by atoms with Gasteiger partial charge in [0.1, 0.15) is 11.5 Å². The number of aryl methyl sites for hydroxylation is 1. The van der Waals surface area contributed by atoms with E-state index in [0.717, 1.165) is 36.2 Å². The topological polar surface area (TPSA) is 65.4 Å². The van der Waals surface area contributed by atoms with Crippen molar-refractivity contribution in [2.24, 2.45) is 0 Å². The lowest BCUT2D eigenvalue weighted by atomic mass is 10.2. The van der Waals surface area contributed by atoms with Gasteiger partial charge in [-0.3, -0.25) is 4.79 Å². The molecule has 2 aromatic carbocycles. The molecule has 0 atom stereocenters. The number of hydrogen-bond acceptors (Lipinski definition) is 4. The summed E-state index contributed by atoms with van der Waals surface area (Å²) < 4.78 is 12.5. The number of carbonyl (C=O) groups is 1. The SMILES string of the molecule is COc1ccc(OC)c(NC(=O)c2nn(-c3ccc(C)cc3)c3c2CCC3)c1. The zero-order chi connectivity index (χ0) is 19.7. The molecule has 28 heavy (non-hydrogen) atoms. The highest BCUT2D eigenvalue weighted by molar-refractivity contribution is 6.05. The zero-order valence-electron chi connectivity index (χ0n) is 16.3. The van der Waals surface area contributed by atoms with E-state index in [0.29, 0.717) is 22.9 Å². The molecule has 1 aliphatic carbocycles. The summed E-state index contributed by atoms with van der Waals surface area (Å²) in [4.78, 5) is 13.1. The summed E-state index contributed by atoms with van der Waals surface area (Å²) in [5.41, 5.74) is 5.34. The molecule has 144 valence electrons. The van der Waals surface area contributed by atoms with E-state index in [1.54, 1.807) is 32.4 Å². The molecule has 6 nitrogen and oxygen atoms in total. The Hall–Kier alpha value is -3.28. The summed E-state index contributed by atoms with van der Waals surface area (Å²) in [7, 11) is 3.16. The molecule has 1 amide bonds. The molecular formula is C22H23N3O3. The number of aromatic nitrogens is 2. The van der Waals surface area contributed by atoms with Crippen LogP contribution in [-0.4, -0.2) is 29.9 Å². The molecule has 0 unspecified atom stereocenters. The van der Waals surface area contributed by atoms with Crippen LogP contribution in [0.2, 0.25) is 0 Å². The third-order valence-corrected chi connectivity index (χ3v) is 5.08. The monoisotopic (exact) mass is 377 g/mol. The van der Waals surface area contributed by atoms with E-state index in [9.17, 15) is 4.79 Å². The van der Waals surface area contributed by atoms with Crippen LogP contribution >= 0.6 is 0 Å². The van der Waals surface area contributed by atoms with Crippen LogP contribution in [0.5, 0.6) is 11.5 Å². The van der Waals surface area contributed by atoms with Crippen LogP contribution in [0, 0.1) is 6.92 Å². The highest BCUT2D eigenvalue weighted by Crippen LogP contribution is 2.31. The lowest BCUT2D eigenvalue weighted by molar-refractivity contribution is 0.102. The summed E-state index contributed by atoms with van der Waals surface area (Å²) in [5.74, 6) is 0.978. The van der Waals surface area contributed by atoms with Crippen molar-refractivity contribution in [2.75, 3.05) is 19.5 Å². The van der Waals surface area contributed by atoms with E-state index in [1.165, 1.54) is 5.56 Å². The molecule has 0 bridgehead atoms. The lowest BCUT2D eigenvalue weighted by Crippen LogP contribution is -2.15. The van der Waals surface area contributed by atoms with Gasteiger partial charge in [-0.2, -0.15) is 5.10 Å². The zero-order valence-corrected chi connectivity index (χ0v) is 16.3. The minimum atomic E-state index is -0.240. The van der Waals surface area contributed by atoms with Crippen LogP contribution in [0.15, 0.2) is 42.5 Å². The molecule has 6 heteroatoms. The first-order valence-corrected chi connectivity index (χ1v) is 9.32. The smallest absolute Gasteiger partial charge is 0.276 e. The first kappa shape index (κ1) is 18.1. The van der Waals surface area contributed by atoms with E-state index in [2.05, 4.69) is 29.5 Å². The average molecular weight is 377 g/mol. The summed E-state index contributed by atoms with van der Waals surface area (Å²) in [6.07, 6.45) is 2.81. The number of ether oxygens (including phenoxy) is 2. The predicted octanol–water partition coefficient (Wildman–Crippen LogP) is 3.94. The van der Waals surface area contributed by atoms with Crippen molar-refractivity contribution in [3.8, 4) is 17.2 Å². The maximum atomic E-state index is 13.1. The summed E-state index contributed by atoms with van der Waals surface area (Å²) in [5, 5.41) is 7.59. The van der Waals surface area contributed by atoms with Gasteiger partial charge in [0, 0.05) is 17.3 Å². The van der Waals surface area contributed by atoms with E-state index in [1.807, 2.05) is 16.8 Å². The molecule has 0 saturated heterocycles. The number of nitrogens with zero attached hydrogens (tertiary/aromatic N) is 2. The fraction of sp³-hybridized carbons (Fsp3) is 0.273. The average Bonchev–Trinajstić information content (AvgIpc) is 3.31. The second-order valence-electron chi connectivity index (χ2n) is 6.90. The maximum absolute atomic E-state index is 13.1. The van der Waals surface area contributed by atoms with Crippen LogP contribution in [0.4, 0.5) is 5.69 Å². The Labute approximate surface area is 164 Å². The Kier molecular flexibility index (Phi) is 4.77. The van der Waals surface area contributed by atoms with Crippen molar-refractivity contribution in [3.63, 3.8) is 0 Å². The number of nitrogens with one attached hydrogen (secondary N) is 1. The molecule has 1 heterocycles. The number of carbonyl (C=O) groups excluding carboxylic acids is 1. The lowest BCUT2D eigenvalue weighted by Gasteiger charge is -2.11. The van der Waals surface area contributed by atoms with Crippen molar-refractivity contribution in [1.29, 1.82) is 0 Å². The van der Waals surface area contributed by atoms with Gasteiger partial charge in [0.25, 0.3) is 5.91 Å². The van der Waals surface area contributed by atoms with Gasteiger partial charge in [-0.1, -0.05) is 17.7 Å². The molecule has 4 rings (SSSR count). The quantitative estimate of drug-likeness (QED) is 0.731. The second-order valence-corrected chi connectivity index (χ2v) is 6.90. The van der Waals surface area contributed by atoms with E-state index >= 15 is 0 Å². The Morgan fingerprint density at radius 2 is 1.86 bits per heavy atom. The van der Waals surface area contributed by atoms with Gasteiger partial charge in [0.2, 0.25) is 0 Å². The Bertz CT molecular complexity index is 1020. The van der Waals surface area contributed by atoms with Crippen LogP contribution in [0.1, 0.15) is 33.7 Å². The van der Waals surface area contributed by atoms with Gasteiger partial charge in [-0.15, -0.1) is 0 Å². The molecular weight excluding hydrogens is 354 g/mol. The molecule has 0 spiro atoms. The molecule has 1 aromatic heterocycles. The summed E-state index contributed by atoms with van der Waals surface area (Å²) in [6.45, 7) is 2.05. The number of methoxy groups -OCH3 is 2. The van der Waals surface area contributed by atoms with Gasteiger partial charge in [-0.05, 0) is 50.5 Å². The number of fused-ring (bicyclic) bond motifs is 1. The molecule has 0 radical (unpaired) electrons. The third kappa shape index (κ3) is 3.22. The fourth-order valence-corrected chi connectivity index (χ4v) is 3.61. The van der Waals surface area contributed by atoms with Crippen molar-refractivity contribution in [2.45, 2.75) is 26.2 Å².